The van der Waals surface area contributed by atoms with E-state index in [1.807, 2.05) is 0 Å². The Morgan fingerprint density at radius 2 is 1.81 bits per heavy atom. The number of nitro benzene ring substituents is 1. The molecule has 112 valence electrons. The number of nitrogens with zero attached hydrogens (tertiary/aromatic N) is 1. The molecular weight excluding hydrogens is 282 g/mol. The third-order valence-corrected chi connectivity index (χ3v) is 3.03. The van der Waals surface area contributed by atoms with E-state index < -0.39 is 35.6 Å². The van der Waals surface area contributed by atoms with Crippen molar-refractivity contribution in [2.24, 2.45) is 0 Å². The van der Waals surface area contributed by atoms with E-state index in [1.54, 1.807) is 0 Å². The van der Waals surface area contributed by atoms with E-state index in [0.717, 1.165) is 0 Å². The van der Waals surface area contributed by atoms with E-state index in [9.17, 15) is 25.4 Å². The molecule has 1 heterocycles. The lowest BCUT2D eigenvalue weighted by Crippen LogP contribution is -2.58. The first-order valence-corrected chi connectivity index (χ1v) is 6.01. The van der Waals surface area contributed by atoms with Gasteiger partial charge in [0.2, 0.25) is 6.29 Å². The number of aliphatic hydroxyl groups is 3. The molecular formula is C13H13NO7. The molecule has 0 spiro atoms. The van der Waals surface area contributed by atoms with Crippen LogP contribution >= 0.6 is 0 Å². The fourth-order valence-electron chi connectivity index (χ4n) is 1.86. The molecule has 0 bridgehead atoms. The molecule has 3 N–H and O–H groups in total. The average Bonchev–Trinajstić information content (AvgIpc) is 2.48. The van der Waals surface area contributed by atoms with Gasteiger partial charge in [0, 0.05) is 12.1 Å². The third kappa shape index (κ3) is 3.12. The van der Waals surface area contributed by atoms with Gasteiger partial charge in [-0.2, -0.15) is 0 Å². The fraction of sp³-hybridized carbons (Fsp3) is 0.385. The summed E-state index contributed by atoms with van der Waals surface area (Å²) in [6.07, 6.45) is -1.75. The first kappa shape index (κ1) is 15.2. The average molecular weight is 295 g/mol. The Hall–Kier alpha value is -2.18. The summed E-state index contributed by atoms with van der Waals surface area (Å²) < 4.78 is 10.5. The quantitative estimate of drug-likeness (QED) is 0.387. The molecule has 0 unspecified atom stereocenters. The number of ether oxygens (including phenoxy) is 2. The summed E-state index contributed by atoms with van der Waals surface area (Å²) in [6.45, 7) is 0. The van der Waals surface area contributed by atoms with Crippen LogP contribution in [0.3, 0.4) is 0 Å². The number of aliphatic hydroxyl groups excluding tert-OH is 3. The van der Waals surface area contributed by atoms with Crippen LogP contribution in [0.2, 0.25) is 0 Å². The lowest BCUT2D eigenvalue weighted by Gasteiger charge is -2.38. The van der Waals surface area contributed by atoms with E-state index in [2.05, 4.69) is 5.92 Å². The minimum atomic E-state index is -1.53. The summed E-state index contributed by atoms with van der Waals surface area (Å²) >= 11 is 0. The van der Waals surface area contributed by atoms with Crippen LogP contribution in [0.4, 0.5) is 5.69 Å². The van der Waals surface area contributed by atoms with Crippen molar-refractivity contribution in [3.8, 4) is 18.1 Å². The van der Waals surface area contributed by atoms with Crippen LogP contribution in [-0.4, -0.2) is 50.9 Å². The van der Waals surface area contributed by atoms with Crippen LogP contribution in [0.5, 0.6) is 5.75 Å². The van der Waals surface area contributed by atoms with E-state index in [1.165, 1.54) is 24.3 Å². The normalized spacial score (nSPS) is 32.2. The Bertz CT molecular complexity index is 553. The highest BCUT2D eigenvalue weighted by Crippen LogP contribution is 2.25. The van der Waals surface area contributed by atoms with Crippen molar-refractivity contribution < 1.29 is 29.7 Å². The zero-order chi connectivity index (χ0) is 15.6. The predicted octanol–water partition coefficient (Wildman–Crippen LogP) is -0.586. The maximum absolute atomic E-state index is 10.5. The van der Waals surface area contributed by atoms with Gasteiger partial charge in [-0.15, -0.1) is 6.42 Å². The SMILES string of the molecule is C#C[C@H]1O[C@@H](Oc2ccc([N+](=O)[O-])cc2)[C@H](O)[C@@H](O)[C@H]1O. The van der Waals surface area contributed by atoms with E-state index in [4.69, 9.17) is 15.9 Å². The second-order valence-electron chi connectivity index (χ2n) is 4.43. The van der Waals surface area contributed by atoms with Gasteiger partial charge < -0.3 is 24.8 Å². The first-order chi connectivity index (χ1) is 9.93. The predicted molar refractivity (Wildman–Crippen MR) is 69.2 cm³/mol. The number of nitro groups is 1. The molecule has 0 saturated carbocycles. The summed E-state index contributed by atoms with van der Waals surface area (Å²) in [5.41, 5.74) is -0.121. The zero-order valence-corrected chi connectivity index (χ0v) is 10.7. The van der Waals surface area contributed by atoms with Crippen molar-refractivity contribution in [2.75, 3.05) is 0 Å². The van der Waals surface area contributed by atoms with E-state index in [0.29, 0.717) is 0 Å². The highest BCUT2D eigenvalue weighted by molar-refractivity contribution is 5.36. The van der Waals surface area contributed by atoms with Crippen LogP contribution in [0.1, 0.15) is 0 Å². The van der Waals surface area contributed by atoms with Gasteiger partial charge in [0.15, 0.2) is 6.10 Å². The van der Waals surface area contributed by atoms with Gasteiger partial charge in [-0.05, 0) is 12.1 Å². The van der Waals surface area contributed by atoms with Gasteiger partial charge in [0.05, 0.1) is 4.92 Å². The number of terminal acetylenes is 1. The minimum Gasteiger partial charge on any atom is -0.462 e. The number of non-ortho nitro benzene ring substituents is 1. The van der Waals surface area contributed by atoms with Crippen molar-refractivity contribution in [3.63, 3.8) is 0 Å². The molecule has 1 fully saturated rings. The topological polar surface area (TPSA) is 122 Å². The molecule has 5 atom stereocenters. The fourth-order valence-corrected chi connectivity index (χ4v) is 1.86. The monoisotopic (exact) mass is 295 g/mol. The Labute approximate surface area is 119 Å². The largest absolute Gasteiger partial charge is 0.462 e. The lowest BCUT2D eigenvalue weighted by atomic mass is 9.99. The molecule has 8 nitrogen and oxygen atoms in total. The zero-order valence-electron chi connectivity index (χ0n) is 10.7. The standard InChI is InChI=1S/C13H13NO7/c1-2-9-10(15)11(16)12(17)13(21-9)20-8-5-3-7(4-6-8)14(18)19/h1,3-6,9-13,15-17H/t9-,10+,11+,12-,13-/m1/s1. The molecule has 0 aliphatic carbocycles. The van der Waals surface area contributed by atoms with Crippen molar-refractivity contribution >= 4 is 5.69 Å². The second kappa shape index (κ2) is 6.07. The van der Waals surface area contributed by atoms with Gasteiger partial charge in [-0.25, -0.2) is 0 Å². The third-order valence-electron chi connectivity index (χ3n) is 3.03. The summed E-state index contributed by atoms with van der Waals surface area (Å²) in [6, 6.07) is 5.07. The van der Waals surface area contributed by atoms with Crippen molar-refractivity contribution in [1.82, 2.24) is 0 Å². The van der Waals surface area contributed by atoms with E-state index >= 15 is 0 Å². The van der Waals surface area contributed by atoms with Crippen molar-refractivity contribution in [2.45, 2.75) is 30.7 Å². The Kier molecular flexibility index (Phi) is 4.40. The van der Waals surface area contributed by atoms with Gasteiger partial charge in [0.25, 0.3) is 5.69 Å². The maximum Gasteiger partial charge on any atom is 0.269 e. The molecule has 8 heteroatoms. The molecule has 0 amide bonds. The maximum atomic E-state index is 10.5. The Morgan fingerprint density at radius 3 is 2.33 bits per heavy atom. The number of benzene rings is 1. The van der Waals surface area contributed by atoms with Crippen molar-refractivity contribution in [1.29, 1.82) is 0 Å². The lowest BCUT2D eigenvalue weighted by molar-refractivity contribution is -0.384. The molecule has 1 aromatic carbocycles. The summed E-state index contributed by atoms with van der Waals surface area (Å²) in [4.78, 5) is 9.97. The van der Waals surface area contributed by atoms with E-state index in [-0.39, 0.29) is 11.4 Å². The van der Waals surface area contributed by atoms with Crippen LogP contribution in [-0.2, 0) is 4.74 Å². The first-order valence-electron chi connectivity index (χ1n) is 6.01. The molecule has 1 saturated heterocycles. The molecule has 1 aliphatic rings. The Balaban J connectivity index is 2.11. The van der Waals surface area contributed by atoms with Crippen LogP contribution in [0.15, 0.2) is 24.3 Å². The van der Waals surface area contributed by atoms with Gasteiger partial charge in [-0.3, -0.25) is 10.1 Å². The second-order valence-corrected chi connectivity index (χ2v) is 4.43. The summed E-state index contributed by atoms with van der Waals surface area (Å²) in [5, 5.41) is 39.6. The summed E-state index contributed by atoms with van der Waals surface area (Å²) in [7, 11) is 0. The summed E-state index contributed by atoms with van der Waals surface area (Å²) in [5.74, 6) is 2.32. The number of hydrogen-bond donors (Lipinski definition) is 3. The molecule has 21 heavy (non-hydrogen) atoms. The minimum absolute atomic E-state index is 0.121. The van der Waals surface area contributed by atoms with Crippen molar-refractivity contribution in [3.05, 3.63) is 34.4 Å². The molecule has 0 aromatic heterocycles. The highest BCUT2D eigenvalue weighted by atomic mass is 16.7. The molecule has 0 radical (unpaired) electrons. The van der Waals surface area contributed by atoms with Crippen LogP contribution in [0, 0.1) is 22.5 Å². The van der Waals surface area contributed by atoms with Gasteiger partial charge in [0.1, 0.15) is 24.1 Å². The molecule has 2 rings (SSSR count). The number of rotatable bonds is 3. The Morgan fingerprint density at radius 1 is 1.19 bits per heavy atom. The van der Waals surface area contributed by atoms with Gasteiger partial charge >= 0.3 is 0 Å². The smallest absolute Gasteiger partial charge is 0.269 e. The molecule has 1 aliphatic heterocycles. The number of hydrogen-bond acceptors (Lipinski definition) is 7. The van der Waals surface area contributed by atoms with Gasteiger partial charge in [-0.1, -0.05) is 5.92 Å². The molecule has 1 aromatic rings. The van der Waals surface area contributed by atoms with Crippen LogP contribution < -0.4 is 4.74 Å². The highest BCUT2D eigenvalue weighted by Gasteiger charge is 2.44. The van der Waals surface area contributed by atoms with Crippen LogP contribution in [0.25, 0.3) is 0 Å².